The van der Waals surface area contributed by atoms with Gasteiger partial charge >= 0.3 is 0 Å². The zero-order chi connectivity index (χ0) is 21.4. The Morgan fingerprint density at radius 3 is 2.35 bits per heavy atom. The molecule has 6 heteroatoms. The van der Waals surface area contributed by atoms with Gasteiger partial charge in [0.05, 0.1) is 11.3 Å². The highest BCUT2D eigenvalue weighted by Crippen LogP contribution is 2.31. The van der Waals surface area contributed by atoms with E-state index in [1.165, 1.54) is 0 Å². The van der Waals surface area contributed by atoms with E-state index in [4.69, 9.17) is 15.7 Å². The number of imidazole rings is 1. The molecule has 6 nitrogen and oxygen atoms in total. The monoisotopic (exact) mass is 405 g/mol. The minimum absolute atomic E-state index is 0.0169. The summed E-state index contributed by atoms with van der Waals surface area (Å²) in [5.41, 5.74) is 11.7. The zero-order valence-corrected chi connectivity index (χ0v) is 16.9. The average Bonchev–Trinajstić information content (AvgIpc) is 3.18. The van der Waals surface area contributed by atoms with Crippen LogP contribution in [0, 0.1) is 0 Å². The van der Waals surface area contributed by atoms with Crippen molar-refractivity contribution in [2.45, 2.75) is 6.92 Å². The highest BCUT2D eigenvalue weighted by Gasteiger charge is 2.18. The highest BCUT2D eigenvalue weighted by atomic mass is 16.1. The molecular formula is C25H19N5O. The maximum Gasteiger partial charge on any atom is 0.165 e. The number of pyridine rings is 2. The van der Waals surface area contributed by atoms with Crippen LogP contribution in [0.15, 0.2) is 85.1 Å². The second kappa shape index (κ2) is 7.50. The number of benzene rings is 2. The number of hydrogen-bond donors (Lipinski definition) is 1. The number of carbonyl (C=O) groups excluding carboxylic acids is 1. The van der Waals surface area contributed by atoms with Crippen LogP contribution < -0.4 is 5.73 Å². The van der Waals surface area contributed by atoms with Gasteiger partial charge in [-0.15, -0.1) is 0 Å². The molecule has 0 saturated heterocycles. The summed E-state index contributed by atoms with van der Waals surface area (Å²) in [6.07, 6.45) is 1.65. The van der Waals surface area contributed by atoms with Crippen molar-refractivity contribution in [1.82, 2.24) is 19.5 Å². The van der Waals surface area contributed by atoms with Crippen LogP contribution in [-0.2, 0) is 0 Å². The van der Waals surface area contributed by atoms with Gasteiger partial charge in [0.1, 0.15) is 11.3 Å². The minimum atomic E-state index is 0.0169. The number of carbonyl (C=O) groups is 1. The number of rotatable bonds is 4. The molecule has 5 rings (SSSR count). The lowest BCUT2D eigenvalue weighted by Gasteiger charge is -2.11. The Morgan fingerprint density at radius 1 is 0.871 bits per heavy atom. The molecule has 0 aliphatic heterocycles. The summed E-state index contributed by atoms with van der Waals surface area (Å²) in [4.78, 5) is 25.7. The summed E-state index contributed by atoms with van der Waals surface area (Å²) >= 11 is 0. The normalized spacial score (nSPS) is 11.0. The van der Waals surface area contributed by atoms with Gasteiger partial charge < -0.3 is 5.73 Å². The fourth-order valence-electron chi connectivity index (χ4n) is 3.60. The molecule has 150 valence electrons. The van der Waals surface area contributed by atoms with Crippen molar-refractivity contribution >= 4 is 22.8 Å². The van der Waals surface area contributed by atoms with Gasteiger partial charge in [0.15, 0.2) is 17.3 Å². The van der Waals surface area contributed by atoms with Crippen molar-refractivity contribution in [2.75, 3.05) is 5.73 Å². The maximum atomic E-state index is 11.7. The topological polar surface area (TPSA) is 86.7 Å². The molecule has 0 spiro atoms. The van der Waals surface area contributed by atoms with Crippen LogP contribution in [0.4, 0.5) is 5.82 Å². The molecule has 0 fully saturated rings. The Bertz CT molecular complexity index is 1410. The smallest absolute Gasteiger partial charge is 0.165 e. The third-order valence-electron chi connectivity index (χ3n) is 5.19. The summed E-state index contributed by atoms with van der Waals surface area (Å²) in [6, 6.07) is 25.0. The van der Waals surface area contributed by atoms with Crippen LogP contribution >= 0.6 is 0 Å². The molecule has 0 bridgehead atoms. The number of fused-ring (bicyclic) bond motifs is 1. The lowest BCUT2D eigenvalue weighted by Crippen LogP contribution is -2.03. The number of ketones is 1. The average molecular weight is 405 g/mol. The van der Waals surface area contributed by atoms with Crippen LogP contribution in [-0.4, -0.2) is 25.3 Å². The summed E-state index contributed by atoms with van der Waals surface area (Å²) in [5, 5.41) is 0. The van der Waals surface area contributed by atoms with Crippen LogP contribution in [0.3, 0.4) is 0 Å². The molecule has 2 aromatic carbocycles. The van der Waals surface area contributed by atoms with Crippen LogP contribution in [0.1, 0.15) is 17.3 Å². The van der Waals surface area contributed by atoms with Crippen molar-refractivity contribution in [2.24, 2.45) is 0 Å². The number of nitrogens with zero attached hydrogens (tertiary/aromatic N) is 4. The minimum Gasteiger partial charge on any atom is -0.383 e. The summed E-state index contributed by atoms with van der Waals surface area (Å²) in [5.74, 6) is 1.06. The molecule has 3 heterocycles. The quantitative estimate of drug-likeness (QED) is 0.428. The first-order chi connectivity index (χ1) is 15.1. The van der Waals surface area contributed by atoms with Crippen molar-refractivity contribution in [3.8, 4) is 28.3 Å². The molecule has 0 radical (unpaired) electrons. The van der Waals surface area contributed by atoms with E-state index in [-0.39, 0.29) is 5.78 Å². The lowest BCUT2D eigenvalue weighted by atomic mass is 10.1. The summed E-state index contributed by atoms with van der Waals surface area (Å²) in [6.45, 7) is 1.55. The van der Waals surface area contributed by atoms with E-state index in [0.717, 1.165) is 28.0 Å². The van der Waals surface area contributed by atoms with E-state index >= 15 is 0 Å². The van der Waals surface area contributed by atoms with E-state index in [0.29, 0.717) is 22.9 Å². The van der Waals surface area contributed by atoms with Gasteiger partial charge in [0.2, 0.25) is 0 Å². The van der Waals surface area contributed by atoms with E-state index in [9.17, 15) is 4.79 Å². The SMILES string of the molecule is CC(=O)c1ccc(-n2c(-c3cccnc3N)nc3ccc(-c4ccccc4)nc32)cc1. The molecule has 0 saturated carbocycles. The van der Waals surface area contributed by atoms with Gasteiger partial charge in [-0.25, -0.2) is 15.0 Å². The van der Waals surface area contributed by atoms with Gasteiger partial charge in [-0.2, -0.15) is 0 Å². The van der Waals surface area contributed by atoms with Crippen LogP contribution in [0.5, 0.6) is 0 Å². The molecule has 0 unspecified atom stereocenters. The third-order valence-corrected chi connectivity index (χ3v) is 5.19. The molecule has 0 aliphatic rings. The third kappa shape index (κ3) is 3.34. The molecule has 0 aliphatic carbocycles. The number of nitrogens with two attached hydrogens (primary N) is 1. The molecule has 0 atom stereocenters. The number of anilines is 1. The second-order valence-corrected chi connectivity index (χ2v) is 7.22. The Balaban J connectivity index is 1.79. The number of hydrogen-bond acceptors (Lipinski definition) is 5. The van der Waals surface area contributed by atoms with Crippen LogP contribution in [0.25, 0.3) is 39.5 Å². The standard InChI is InChI=1S/C25H19N5O/c1-16(31)17-9-11-19(12-10-17)30-24(20-8-5-15-27-23(20)26)29-22-14-13-21(28-25(22)30)18-6-3-2-4-7-18/h2-15H,1H3,(H2,26,27). The first-order valence-electron chi connectivity index (χ1n) is 9.89. The van der Waals surface area contributed by atoms with Crippen molar-refractivity contribution in [3.63, 3.8) is 0 Å². The van der Waals surface area contributed by atoms with E-state index in [1.54, 1.807) is 25.3 Å². The van der Waals surface area contributed by atoms with Gasteiger partial charge in [-0.3, -0.25) is 9.36 Å². The number of aromatic nitrogens is 4. The molecule has 31 heavy (non-hydrogen) atoms. The maximum absolute atomic E-state index is 11.7. The number of Topliss-reactive ketones (excluding diaryl/α,β-unsaturated/α-hetero) is 1. The molecule has 5 aromatic rings. The van der Waals surface area contributed by atoms with E-state index in [2.05, 4.69) is 4.98 Å². The van der Waals surface area contributed by atoms with Crippen LogP contribution in [0.2, 0.25) is 0 Å². The van der Waals surface area contributed by atoms with E-state index < -0.39 is 0 Å². The lowest BCUT2D eigenvalue weighted by molar-refractivity contribution is 0.101. The zero-order valence-electron chi connectivity index (χ0n) is 16.9. The summed E-state index contributed by atoms with van der Waals surface area (Å²) < 4.78 is 1.96. The van der Waals surface area contributed by atoms with E-state index in [1.807, 2.05) is 71.3 Å². The van der Waals surface area contributed by atoms with Crippen molar-refractivity contribution in [1.29, 1.82) is 0 Å². The Hall–Kier alpha value is -4.32. The first-order valence-corrected chi connectivity index (χ1v) is 9.89. The summed E-state index contributed by atoms with van der Waals surface area (Å²) in [7, 11) is 0. The Morgan fingerprint density at radius 2 is 1.65 bits per heavy atom. The van der Waals surface area contributed by atoms with Gasteiger partial charge in [-0.1, -0.05) is 30.3 Å². The van der Waals surface area contributed by atoms with Crippen molar-refractivity contribution < 1.29 is 4.79 Å². The molecular weight excluding hydrogens is 386 g/mol. The highest BCUT2D eigenvalue weighted by molar-refractivity contribution is 5.94. The predicted octanol–water partition coefficient (Wildman–Crippen LogP) is 4.93. The molecule has 0 amide bonds. The largest absolute Gasteiger partial charge is 0.383 e. The molecule has 3 aromatic heterocycles. The van der Waals surface area contributed by atoms with Gasteiger partial charge in [-0.05, 0) is 55.5 Å². The Labute approximate surface area is 179 Å². The van der Waals surface area contributed by atoms with Gasteiger partial charge in [0, 0.05) is 23.0 Å². The van der Waals surface area contributed by atoms with Crippen molar-refractivity contribution in [3.05, 3.63) is 90.6 Å². The fraction of sp³-hybridized carbons (Fsp3) is 0.0400. The first kappa shape index (κ1) is 18.7. The predicted molar refractivity (Wildman–Crippen MR) is 122 cm³/mol. The Kier molecular flexibility index (Phi) is 4.52. The molecule has 2 N–H and O–H groups in total. The second-order valence-electron chi connectivity index (χ2n) is 7.22. The van der Waals surface area contributed by atoms with Gasteiger partial charge in [0.25, 0.3) is 0 Å². The fourth-order valence-corrected chi connectivity index (χ4v) is 3.60. The number of nitrogen functional groups attached to an aromatic ring is 1.